The maximum atomic E-state index is 14.6. The summed E-state index contributed by atoms with van der Waals surface area (Å²) in [6.07, 6.45) is 4.96. The molecule has 0 radical (unpaired) electrons. The van der Waals surface area contributed by atoms with E-state index in [9.17, 15) is 19.1 Å². The minimum Gasteiger partial charge on any atom is -0.494 e. The van der Waals surface area contributed by atoms with Crippen LogP contribution in [0.5, 0.6) is 5.75 Å². The zero-order chi connectivity index (χ0) is 25.2. The second-order valence-electron chi connectivity index (χ2n) is 8.28. The molecule has 0 saturated heterocycles. The first-order valence-electron chi connectivity index (χ1n) is 11.1. The summed E-state index contributed by atoms with van der Waals surface area (Å²) in [6.45, 7) is 4.01. The highest BCUT2D eigenvalue weighted by Crippen LogP contribution is 2.35. The summed E-state index contributed by atoms with van der Waals surface area (Å²) in [7, 11) is 0. The number of aromatic carboxylic acids is 1. The smallest absolute Gasteiger partial charge is 0.335 e. The van der Waals surface area contributed by atoms with Gasteiger partial charge in [-0.25, -0.2) is 9.18 Å². The Hall–Kier alpha value is -3.77. The standard InChI is InChI=1S/C28H23ClFNO4/c1-3-35-25-10-7-18(19-6-5-17(2)23(14-19)27(33)34)13-20(25)16-28(11-4-12-31-28)26(32)22-9-8-21(29)15-24(22)30/h4-15H,3,16H2,1-2H3,(H,33,34). The molecule has 1 aliphatic heterocycles. The lowest BCUT2D eigenvalue weighted by Crippen LogP contribution is -2.36. The molecule has 0 fully saturated rings. The number of halogens is 2. The van der Waals surface area contributed by atoms with Crippen molar-refractivity contribution in [3.05, 3.63) is 99.8 Å². The number of carboxylic acids is 1. The molecule has 0 saturated carbocycles. The van der Waals surface area contributed by atoms with Crippen LogP contribution in [0.4, 0.5) is 4.39 Å². The van der Waals surface area contributed by atoms with Crippen molar-refractivity contribution < 1.29 is 23.8 Å². The number of Topliss-reactive ketones (excluding diaryl/α,β-unsaturated/α-hetero) is 1. The van der Waals surface area contributed by atoms with Gasteiger partial charge in [-0.3, -0.25) is 9.79 Å². The van der Waals surface area contributed by atoms with Crippen molar-refractivity contribution in [3.63, 3.8) is 0 Å². The summed E-state index contributed by atoms with van der Waals surface area (Å²) in [5, 5.41) is 9.72. The lowest BCUT2D eigenvalue weighted by Gasteiger charge is -2.25. The first-order chi connectivity index (χ1) is 16.7. The van der Waals surface area contributed by atoms with Crippen molar-refractivity contribution in [2.24, 2.45) is 4.99 Å². The number of hydrogen-bond donors (Lipinski definition) is 1. The van der Waals surface area contributed by atoms with E-state index in [0.717, 1.165) is 11.6 Å². The van der Waals surface area contributed by atoms with Crippen LogP contribution in [0.1, 0.15) is 38.8 Å². The summed E-state index contributed by atoms with van der Waals surface area (Å²) in [6, 6.07) is 14.6. The molecule has 1 atom stereocenters. The molecule has 1 heterocycles. The number of allylic oxidation sites excluding steroid dienone is 1. The Bertz CT molecular complexity index is 1370. The molecule has 3 aromatic carbocycles. The van der Waals surface area contributed by atoms with Crippen LogP contribution in [0.2, 0.25) is 5.02 Å². The molecule has 1 unspecified atom stereocenters. The van der Waals surface area contributed by atoms with Gasteiger partial charge in [0.25, 0.3) is 0 Å². The van der Waals surface area contributed by atoms with E-state index < -0.39 is 23.1 Å². The number of hydrogen-bond acceptors (Lipinski definition) is 4. The molecule has 7 heteroatoms. The molecule has 3 aromatic rings. The van der Waals surface area contributed by atoms with Gasteiger partial charge in [0.15, 0.2) is 5.78 Å². The van der Waals surface area contributed by atoms with Crippen LogP contribution < -0.4 is 4.74 Å². The Morgan fingerprint density at radius 1 is 1.06 bits per heavy atom. The minimum absolute atomic E-state index is 0.100. The van der Waals surface area contributed by atoms with E-state index in [1.807, 2.05) is 25.1 Å². The number of benzene rings is 3. The van der Waals surface area contributed by atoms with Crippen molar-refractivity contribution in [1.29, 1.82) is 0 Å². The van der Waals surface area contributed by atoms with E-state index in [-0.39, 0.29) is 22.6 Å². The summed E-state index contributed by atoms with van der Waals surface area (Å²) in [5.41, 5.74) is 1.59. The monoisotopic (exact) mass is 491 g/mol. The molecule has 178 valence electrons. The zero-order valence-corrected chi connectivity index (χ0v) is 20.0. The highest BCUT2D eigenvalue weighted by molar-refractivity contribution is 6.30. The van der Waals surface area contributed by atoms with Crippen LogP contribution in [-0.4, -0.2) is 35.2 Å². The fourth-order valence-corrected chi connectivity index (χ4v) is 4.32. The Morgan fingerprint density at radius 3 is 2.46 bits per heavy atom. The molecule has 35 heavy (non-hydrogen) atoms. The molecule has 4 rings (SSSR count). The van der Waals surface area contributed by atoms with Gasteiger partial charge < -0.3 is 9.84 Å². The number of carboxylic acid groups (broad SMARTS) is 1. The highest BCUT2D eigenvalue weighted by Gasteiger charge is 2.39. The zero-order valence-electron chi connectivity index (χ0n) is 19.2. The Kier molecular flexibility index (Phi) is 6.85. The van der Waals surface area contributed by atoms with Crippen LogP contribution in [0.25, 0.3) is 11.1 Å². The third-order valence-electron chi connectivity index (χ3n) is 5.95. The second kappa shape index (κ2) is 9.84. The number of aryl methyl sites for hydroxylation is 1. The lowest BCUT2D eigenvalue weighted by atomic mass is 9.83. The quantitative estimate of drug-likeness (QED) is 0.372. The molecule has 0 spiro atoms. The number of ether oxygens (including phenoxy) is 1. The normalized spacial score (nSPS) is 16.5. The fraction of sp³-hybridized carbons (Fsp3) is 0.179. The average molecular weight is 492 g/mol. The SMILES string of the molecule is CCOc1ccc(-c2ccc(C)c(C(=O)O)c2)cc1CC1(C(=O)c2ccc(Cl)cc2F)C=CC=N1. The number of rotatable bonds is 8. The summed E-state index contributed by atoms with van der Waals surface area (Å²) < 4.78 is 20.4. The van der Waals surface area contributed by atoms with Gasteiger partial charge in [0.2, 0.25) is 0 Å². The maximum Gasteiger partial charge on any atom is 0.335 e. The van der Waals surface area contributed by atoms with Crippen molar-refractivity contribution in [3.8, 4) is 16.9 Å². The van der Waals surface area contributed by atoms with Crippen LogP contribution in [0.15, 0.2) is 71.7 Å². The van der Waals surface area contributed by atoms with Crippen molar-refractivity contribution in [2.45, 2.75) is 25.8 Å². The molecule has 0 amide bonds. The van der Waals surface area contributed by atoms with E-state index in [1.165, 1.54) is 18.3 Å². The van der Waals surface area contributed by atoms with E-state index in [1.54, 1.807) is 37.3 Å². The van der Waals surface area contributed by atoms with E-state index >= 15 is 0 Å². The lowest BCUT2D eigenvalue weighted by molar-refractivity contribution is 0.0696. The summed E-state index contributed by atoms with van der Waals surface area (Å²) in [4.78, 5) is 29.6. The van der Waals surface area contributed by atoms with Crippen molar-refractivity contribution >= 4 is 29.6 Å². The molecule has 1 N–H and O–H groups in total. The molecule has 5 nitrogen and oxygen atoms in total. The van der Waals surface area contributed by atoms with E-state index in [0.29, 0.717) is 29.0 Å². The van der Waals surface area contributed by atoms with E-state index in [2.05, 4.69) is 4.99 Å². The van der Waals surface area contributed by atoms with Crippen molar-refractivity contribution in [1.82, 2.24) is 0 Å². The minimum atomic E-state index is -1.35. The number of nitrogens with zero attached hydrogens (tertiary/aromatic N) is 1. The van der Waals surface area contributed by atoms with Gasteiger partial charge in [-0.1, -0.05) is 29.8 Å². The Balaban J connectivity index is 1.78. The number of carbonyl (C=O) groups is 2. The summed E-state index contributed by atoms with van der Waals surface area (Å²) in [5.74, 6) is -1.64. The van der Waals surface area contributed by atoms with Gasteiger partial charge in [0, 0.05) is 17.7 Å². The van der Waals surface area contributed by atoms with Crippen LogP contribution in [-0.2, 0) is 6.42 Å². The van der Waals surface area contributed by atoms with Gasteiger partial charge in [0.05, 0.1) is 17.7 Å². The molecule has 0 aliphatic carbocycles. The molecule has 0 bridgehead atoms. The number of ketones is 1. The van der Waals surface area contributed by atoms with Gasteiger partial charge in [-0.2, -0.15) is 0 Å². The molecule has 0 aromatic heterocycles. The highest BCUT2D eigenvalue weighted by atomic mass is 35.5. The van der Waals surface area contributed by atoms with Crippen LogP contribution in [0.3, 0.4) is 0 Å². The van der Waals surface area contributed by atoms with Gasteiger partial charge in [0.1, 0.15) is 17.1 Å². The van der Waals surface area contributed by atoms with Gasteiger partial charge >= 0.3 is 5.97 Å². The predicted octanol–water partition coefficient (Wildman–Crippen LogP) is 6.36. The number of carbonyl (C=O) groups excluding carboxylic acids is 1. The first kappa shape index (κ1) is 24.4. The molecular formula is C28H23ClFNO4. The van der Waals surface area contributed by atoms with Gasteiger partial charge in [-0.15, -0.1) is 0 Å². The Morgan fingerprint density at radius 2 is 1.80 bits per heavy atom. The maximum absolute atomic E-state index is 14.6. The largest absolute Gasteiger partial charge is 0.494 e. The van der Waals surface area contributed by atoms with Gasteiger partial charge in [-0.05, 0) is 84.7 Å². The van der Waals surface area contributed by atoms with Crippen LogP contribution >= 0.6 is 11.6 Å². The predicted molar refractivity (Wildman–Crippen MR) is 135 cm³/mol. The Labute approximate surface area is 207 Å². The first-order valence-corrected chi connectivity index (χ1v) is 11.4. The third kappa shape index (κ3) is 4.88. The van der Waals surface area contributed by atoms with Crippen molar-refractivity contribution in [2.75, 3.05) is 6.61 Å². The van der Waals surface area contributed by atoms with E-state index in [4.69, 9.17) is 16.3 Å². The number of aliphatic imine (C=N–C) groups is 1. The fourth-order valence-electron chi connectivity index (χ4n) is 4.16. The average Bonchev–Trinajstić information content (AvgIpc) is 3.30. The van der Waals surface area contributed by atoms with Crippen LogP contribution in [0, 0.1) is 12.7 Å². The second-order valence-corrected chi connectivity index (χ2v) is 8.72. The molecular weight excluding hydrogens is 469 g/mol. The third-order valence-corrected chi connectivity index (χ3v) is 6.19. The molecule has 1 aliphatic rings. The topological polar surface area (TPSA) is 76.0 Å². The summed E-state index contributed by atoms with van der Waals surface area (Å²) >= 11 is 5.87.